The van der Waals surface area contributed by atoms with E-state index in [4.69, 9.17) is 5.21 Å². The van der Waals surface area contributed by atoms with Crippen LogP contribution in [0, 0.1) is 0 Å². The van der Waals surface area contributed by atoms with E-state index >= 15 is 0 Å². The fourth-order valence-electron chi connectivity index (χ4n) is 3.92. The lowest BCUT2D eigenvalue weighted by Gasteiger charge is -2.22. The first-order chi connectivity index (χ1) is 14.2. The predicted octanol–water partition coefficient (Wildman–Crippen LogP) is 4.18. The number of carbonyl (C=O) groups is 1. The highest BCUT2D eigenvalue weighted by molar-refractivity contribution is 5.90. The highest BCUT2D eigenvalue weighted by Gasteiger charge is 2.22. The minimum absolute atomic E-state index is 0.165. The summed E-state index contributed by atoms with van der Waals surface area (Å²) in [6.45, 7) is 0.744. The summed E-state index contributed by atoms with van der Waals surface area (Å²) >= 11 is 0. The topological polar surface area (TPSA) is 61.4 Å². The fourth-order valence-corrected chi connectivity index (χ4v) is 3.92. The van der Waals surface area contributed by atoms with Crippen molar-refractivity contribution >= 4 is 12.0 Å². The smallest absolute Gasteiger partial charge is 0.267 e. The predicted molar refractivity (Wildman–Crippen MR) is 114 cm³/mol. The first-order valence-electron chi connectivity index (χ1n) is 9.84. The zero-order valence-electron chi connectivity index (χ0n) is 16.1. The Morgan fingerprint density at radius 2 is 1.48 bits per heavy atom. The molecule has 4 heteroatoms. The van der Waals surface area contributed by atoms with Crippen LogP contribution in [0.25, 0.3) is 6.08 Å². The Hall–Kier alpha value is -3.21. The van der Waals surface area contributed by atoms with Crippen LogP contribution in [0.15, 0.2) is 78.9 Å². The minimum Gasteiger partial charge on any atom is -0.302 e. The van der Waals surface area contributed by atoms with Crippen molar-refractivity contribution in [3.05, 3.63) is 112 Å². The van der Waals surface area contributed by atoms with Crippen LogP contribution in [-0.4, -0.2) is 11.1 Å². The van der Waals surface area contributed by atoms with Crippen LogP contribution in [0.3, 0.4) is 0 Å². The summed E-state index contributed by atoms with van der Waals surface area (Å²) in [5.74, 6) is -0.540. The largest absolute Gasteiger partial charge is 0.302 e. The molecule has 0 heterocycles. The van der Waals surface area contributed by atoms with Gasteiger partial charge in [-0.15, -0.1) is 0 Å². The average molecular weight is 384 g/mol. The monoisotopic (exact) mass is 384 g/mol. The van der Waals surface area contributed by atoms with E-state index in [0.29, 0.717) is 0 Å². The van der Waals surface area contributed by atoms with Crippen LogP contribution >= 0.6 is 0 Å². The van der Waals surface area contributed by atoms with E-state index in [-0.39, 0.29) is 6.04 Å². The summed E-state index contributed by atoms with van der Waals surface area (Å²) in [5, 5.41) is 12.3. The summed E-state index contributed by atoms with van der Waals surface area (Å²) < 4.78 is 0. The van der Waals surface area contributed by atoms with E-state index in [9.17, 15) is 4.79 Å². The Morgan fingerprint density at radius 3 is 2.07 bits per heavy atom. The molecule has 0 aromatic heterocycles. The Labute approximate surface area is 170 Å². The summed E-state index contributed by atoms with van der Waals surface area (Å²) in [5.41, 5.74) is 9.19. The van der Waals surface area contributed by atoms with E-state index in [1.165, 1.54) is 33.9 Å². The second kappa shape index (κ2) is 8.86. The number of carbonyl (C=O) groups excluding carboxylic acids is 1. The zero-order valence-corrected chi connectivity index (χ0v) is 16.1. The van der Waals surface area contributed by atoms with Crippen molar-refractivity contribution in [1.29, 1.82) is 0 Å². The number of hydrogen-bond donors (Lipinski definition) is 3. The summed E-state index contributed by atoms with van der Waals surface area (Å²) in [4.78, 5) is 11.1. The number of amides is 1. The second-order valence-electron chi connectivity index (χ2n) is 7.26. The number of fused-ring (bicyclic) bond motifs is 2. The van der Waals surface area contributed by atoms with E-state index in [1.54, 1.807) is 11.6 Å². The molecular formula is C25H24N2O2. The van der Waals surface area contributed by atoms with Crippen LogP contribution in [0.1, 0.15) is 39.4 Å². The van der Waals surface area contributed by atoms with Crippen molar-refractivity contribution in [2.45, 2.75) is 25.4 Å². The van der Waals surface area contributed by atoms with Crippen LogP contribution in [0.4, 0.5) is 0 Å². The van der Waals surface area contributed by atoms with Crippen molar-refractivity contribution in [3.8, 4) is 0 Å². The first-order valence-corrected chi connectivity index (χ1v) is 9.84. The lowest BCUT2D eigenvalue weighted by molar-refractivity contribution is -0.124. The molecule has 0 fully saturated rings. The molecule has 146 valence electrons. The Kier molecular flexibility index (Phi) is 5.84. The molecular weight excluding hydrogens is 360 g/mol. The van der Waals surface area contributed by atoms with Gasteiger partial charge in [0.15, 0.2) is 0 Å². The zero-order chi connectivity index (χ0) is 20.1. The minimum atomic E-state index is -0.540. The lowest BCUT2D eigenvalue weighted by atomic mass is 9.94. The molecule has 1 aliphatic carbocycles. The number of benzene rings is 3. The van der Waals surface area contributed by atoms with Crippen molar-refractivity contribution in [2.24, 2.45) is 0 Å². The van der Waals surface area contributed by atoms with Crippen LogP contribution in [0.5, 0.6) is 0 Å². The number of nitrogens with one attached hydrogen (secondary N) is 2. The van der Waals surface area contributed by atoms with Gasteiger partial charge in [-0.25, -0.2) is 5.48 Å². The van der Waals surface area contributed by atoms with Gasteiger partial charge >= 0.3 is 0 Å². The molecule has 0 bridgehead atoms. The van der Waals surface area contributed by atoms with Gasteiger partial charge in [0.1, 0.15) is 0 Å². The van der Waals surface area contributed by atoms with E-state index in [1.807, 2.05) is 12.1 Å². The Morgan fingerprint density at radius 1 is 0.897 bits per heavy atom. The molecule has 3 aromatic rings. The van der Waals surface area contributed by atoms with Gasteiger partial charge in [0.2, 0.25) is 0 Å². The summed E-state index contributed by atoms with van der Waals surface area (Å²) in [6.07, 6.45) is 5.09. The molecule has 3 aromatic carbocycles. The molecule has 0 aliphatic heterocycles. The summed E-state index contributed by atoms with van der Waals surface area (Å²) in [6, 6.07) is 25.6. The first kappa shape index (κ1) is 19.1. The number of aryl methyl sites for hydroxylation is 2. The van der Waals surface area contributed by atoms with E-state index in [2.05, 4.69) is 66.0 Å². The second-order valence-corrected chi connectivity index (χ2v) is 7.26. The maximum atomic E-state index is 11.1. The van der Waals surface area contributed by atoms with Crippen molar-refractivity contribution in [3.63, 3.8) is 0 Å². The van der Waals surface area contributed by atoms with Crippen LogP contribution in [0.2, 0.25) is 0 Å². The van der Waals surface area contributed by atoms with Crippen molar-refractivity contribution < 1.29 is 10.0 Å². The van der Waals surface area contributed by atoms with Gasteiger partial charge in [-0.05, 0) is 52.3 Å². The molecule has 29 heavy (non-hydrogen) atoms. The van der Waals surface area contributed by atoms with Gasteiger partial charge in [-0.2, -0.15) is 0 Å². The Bertz CT molecular complexity index is 978. The summed E-state index contributed by atoms with van der Waals surface area (Å²) in [7, 11) is 0. The molecule has 4 nitrogen and oxygen atoms in total. The molecule has 0 saturated carbocycles. The molecule has 0 radical (unpaired) electrons. The van der Waals surface area contributed by atoms with Gasteiger partial charge in [0.05, 0.1) is 6.04 Å². The number of hydroxylamine groups is 1. The van der Waals surface area contributed by atoms with E-state index < -0.39 is 5.91 Å². The highest BCUT2D eigenvalue weighted by atomic mass is 16.5. The molecule has 0 unspecified atom stereocenters. The number of rotatable bonds is 5. The fraction of sp³-hybridized carbons (Fsp3) is 0.160. The third-order valence-corrected chi connectivity index (χ3v) is 5.42. The highest BCUT2D eigenvalue weighted by Crippen LogP contribution is 2.32. The maximum absolute atomic E-state index is 11.1. The van der Waals surface area contributed by atoms with Crippen LogP contribution in [-0.2, 0) is 24.2 Å². The molecule has 1 amide bonds. The third-order valence-electron chi connectivity index (χ3n) is 5.42. The third kappa shape index (κ3) is 4.45. The molecule has 1 aliphatic rings. The Balaban J connectivity index is 1.54. The molecule has 0 saturated heterocycles. The quantitative estimate of drug-likeness (QED) is 0.351. The van der Waals surface area contributed by atoms with Gasteiger partial charge in [0.25, 0.3) is 5.91 Å². The molecule has 3 N–H and O–H groups in total. The maximum Gasteiger partial charge on any atom is 0.267 e. The SMILES string of the molecule is O=C(C=Cc1ccc(CNC2c3ccccc3CCc3ccccc32)cc1)NO. The molecule has 0 atom stereocenters. The molecule has 0 spiro atoms. The average Bonchev–Trinajstić information content (AvgIpc) is 2.93. The van der Waals surface area contributed by atoms with E-state index in [0.717, 1.165) is 24.9 Å². The van der Waals surface area contributed by atoms with Crippen molar-refractivity contribution in [1.82, 2.24) is 10.8 Å². The standard InChI is InChI=1S/C25H24N2O2/c28-24(27-29)16-13-18-9-11-19(12-10-18)17-26-25-22-7-3-1-5-20(22)14-15-21-6-2-4-8-23(21)25/h1-13,16,25-26,29H,14-15,17H2,(H,27,28). The van der Waals surface area contributed by atoms with Gasteiger partial charge in [-0.1, -0.05) is 72.8 Å². The lowest BCUT2D eigenvalue weighted by Crippen LogP contribution is -2.23. The normalized spacial score (nSPS) is 13.6. The van der Waals surface area contributed by atoms with Crippen molar-refractivity contribution in [2.75, 3.05) is 0 Å². The van der Waals surface area contributed by atoms with Crippen LogP contribution < -0.4 is 10.8 Å². The van der Waals surface area contributed by atoms with Gasteiger partial charge in [-0.3, -0.25) is 10.0 Å². The van der Waals surface area contributed by atoms with Gasteiger partial charge < -0.3 is 5.32 Å². The number of hydrogen-bond acceptors (Lipinski definition) is 3. The van der Waals surface area contributed by atoms with Gasteiger partial charge in [0, 0.05) is 12.6 Å². The molecule has 4 rings (SSSR count).